The molecule has 2 heterocycles. The van der Waals surface area contributed by atoms with E-state index in [1.807, 2.05) is 0 Å². The van der Waals surface area contributed by atoms with Gasteiger partial charge in [-0.15, -0.1) is 0 Å². The van der Waals surface area contributed by atoms with Gasteiger partial charge in [-0.1, -0.05) is 29.5 Å². The van der Waals surface area contributed by atoms with E-state index in [0.29, 0.717) is 0 Å². The van der Waals surface area contributed by atoms with Gasteiger partial charge in [-0.3, -0.25) is 0 Å². The molecule has 0 aliphatic carbocycles. The van der Waals surface area contributed by atoms with Gasteiger partial charge in [0.05, 0.1) is 10.9 Å². The van der Waals surface area contributed by atoms with Gasteiger partial charge in [0, 0.05) is 30.0 Å². The summed E-state index contributed by atoms with van der Waals surface area (Å²) < 4.78 is 4.52. The molecule has 0 atom stereocenters. The summed E-state index contributed by atoms with van der Waals surface area (Å²) in [5.74, 6) is 0. The molecule has 0 saturated carbocycles. The third kappa shape index (κ3) is 2.75. The summed E-state index contributed by atoms with van der Waals surface area (Å²) in [7, 11) is 2.11. The van der Waals surface area contributed by atoms with E-state index >= 15 is 0 Å². The van der Waals surface area contributed by atoms with E-state index in [2.05, 4.69) is 96.5 Å². The maximum Gasteiger partial charge on any atom is 0.224 e. The summed E-state index contributed by atoms with van der Waals surface area (Å²) in [6.07, 6.45) is 2.25. The van der Waals surface area contributed by atoms with Crippen LogP contribution >= 0.6 is 11.3 Å². The van der Waals surface area contributed by atoms with E-state index in [4.69, 9.17) is 0 Å². The van der Waals surface area contributed by atoms with Gasteiger partial charge in [-0.05, 0) is 36.9 Å². The molecule has 3 heteroatoms. The van der Waals surface area contributed by atoms with E-state index in [0.717, 1.165) is 0 Å². The van der Waals surface area contributed by atoms with Gasteiger partial charge >= 0.3 is 0 Å². The van der Waals surface area contributed by atoms with Gasteiger partial charge in [0.2, 0.25) is 16.9 Å². The lowest BCUT2D eigenvalue weighted by Gasteiger charge is -2.09. The number of thiazole rings is 1. The molecule has 0 radical (unpaired) electrons. The molecule has 0 bridgehead atoms. The Morgan fingerprint density at radius 2 is 1.68 bits per heavy atom. The number of aromatic nitrogens is 2. The topological polar surface area (TPSA) is 7.76 Å². The van der Waals surface area contributed by atoms with Crippen molar-refractivity contribution in [3.63, 3.8) is 0 Å². The lowest BCUT2D eigenvalue weighted by Crippen LogP contribution is -2.35. The van der Waals surface area contributed by atoms with Crippen LogP contribution in [0, 0.1) is 20.8 Å². The molecule has 2 aromatic carbocycles. The molecule has 124 valence electrons. The first kappa shape index (κ1) is 16.0. The highest BCUT2D eigenvalue weighted by molar-refractivity contribution is 7.07. The predicted molar refractivity (Wildman–Crippen MR) is 104 cm³/mol. The van der Waals surface area contributed by atoms with Crippen LogP contribution in [-0.2, 0) is 7.05 Å². The van der Waals surface area contributed by atoms with Crippen molar-refractivity contribution in [3.05, 3.63) is 76.4 Å². The van der Waals surface area contributed by atoms with E-state index < -0.39 is 0 Å². The minimum atomic E-state index is 1.24. The smallest absolute Gasteiger partial charge is 0.191 e. The van der Waals surface area contributed by atoms with Gasteiger partial charge in [-0.25, -0.2) is 0 Å². The first-order valence-electron chi connectivity index (χ1n) is 8.49. The average molecular weight is 346 g/mol. The van der Waals surface area contributed by atoms with Crippen LogP contribution in [0.4, 0.5) is 0 Å². The van der Waals surface area contributed by atoms with Crippen LogP contribution in [0.15, 0.2) is 59.6 Å². The number of hydrogen-bond acceptors (Lipinski definition) is 1. The molecule has 2 nitrogen and oxygen atoms in total. The summed E-state index contributed by atoms with van der Waals surface area (Å²) in [5, 5.41) is 4.77. The van der Waals surface area contributed by atoms with Crippen LogP contribution in [0.1, 0.15) is 16.8 Å². The first-order valence-corrected chi connectivity index (χ1v) is 9.44. The van der Waals surface area contributed by atoms with Crippen molar-refractivity contribution in [2.45, 2.75) is 20.8 Å². The molecule has 0 amide bonds. The van der Waals surface area contributed by atoms with Crippen molar-refractivity contribution in [1.82, 2.24) is 0 Å². The van der Waals surface area contributed by atoms with Crippen molar-refractivity contribution >= 4 is 22.1 Å². The molecule has 0 aliphatic heterocycles. The highest BCUT2D eigenvalue weighted by atomic mass is 32.1. The van der Waals surface area contributed by atoms with Crippen LogP contribution in [0.25, 0.3) is 27.7 Å². The Hall–Kier alpha value is -2.52. The normalized spacial score (nSPS) is 11.2. The predicted octanol–water partition coefficient (Wildman–Crippen LogP) is 4.59. The third-order valence-electron chi connectivity index (χ3n) is 4.85. The summed E-state index contributed by atoms with van der Waals surface area (Å²) in [4.78, 5) is 0. The molecular weight excluding hydrogens is 324 g/mol. The molecular formula is C22H22N2S+2. The molecule has 4 rings (SSSR count). The Kier molecular flexibility index (Phi) is 3.89. The Morgan fingerprint density at radius 3 is 2.40 bits per heavy atom. The zero-order valence-electron chi connectivity index (χ0n) is 15.1. The second-order valence-electron chi connectivity index (χ2n) is 6.73. The molecule has 2 aromatic heterocycles. The van der Waals surface area contributed by atoms with E-state index in [9.17, 15) is 0 Å². The molecule has 4 aromatic rings. The van der Waals surface area contributed by atoms with Crippen molar-refractivity contribution < 1.29 is 9.13 Å². The minimum absolute atomic E-state index is 1.24. The molecule has 0 N–H and O–H groups in total. The van der Waals surface area contributed by atoms with Crippen molar-refractivity contribution in [2.75, 3.05) is 0 Å². The Bertz CT molecular complexity index is 1090. The number of hydrogen-bond donors (Lipinski definition) is 0. The van der Waals surface area contributed by atoms with Crippen molar-refractivity contribution in [2.24, 2.45) is 7.05 Å². The largest absolute Gasteiger partial charge is 0.224 e. The molecule has 0 unspecified atom stereocenters. The number of pyridine rings is 1. The molecule has 0 saturated heterocycles. The third-order valence-corrected chi connectivity index (χ3v) is 5.64. The van der Waals surface area contributed by atoms with E-state index in [1.165, 1.54) is 44.5 Å². The SMILES string of the molecule is Cc1cc(-c2csc[n+]2C)c(C)c(-[n+]2cc3ccccc3cc2C)c1. The van der Waals surface area contributed by atoms with Crippen molar-refractivity contribution in [3.8, 4) is 16.9 Å². The quantitative estimate of drug-likeness (QED) is 0.469. The number of nitrogens with zero attached hydrogens (tertiary/aromatic N) is 2. The number of aryl methyl sites for hydroxylation is 3. The van der Waals surface area contributed by atoms with Crippen LogP contribution in [0.5, 0.6) is 0 Å². The number of rotatable bonds is 2. The lowest BCUT2D eigenvalue weighted by molar-refractivity contribution is -0.655. The first-order chi connectivity index (χ1) is 12.0. The summed E-state index contributed by atoms with van der Waals surface area (Å²) in [5.41, 5.74) is 9.80. The number of benzene rings is 2. The van der Waals surface area contributed by atoms with Crippen molar-refractivity contribution in [1.29, 1.82) is 0 Å². The Balaban J connectivity index is 1.99. The molecule has 0 aliphatic rings. The van der Waals surface area contributed by atoms with Crippen LogP contribution in [0.2, 0.25) is 0 Å². The van der Waals surface area contributed by atoms with Gasteiger partial charge in [-0.2, -0.15) is 9.13 Å². The van der Waals surface area contributed by atoms with Gasteiger partial charge in [0.1, 0.15) is 7.05 Å². The van der Waals surface area contributed by atoms with Crippen LogP contribution < -0.4 is 9.13 Å². The average Bonchev–Trinajstić information content (AvgIpc) is 3.02. The van der Waals surface area contributed by atoms with Gasteiger partial charge in [0.25, 0.3) is 0 Å². The number of fused-ring (bicyclic) bond motifs is 1. The minimum Gasteiger partial charge on any atom is -0.191 e. The fourth-order valence-corrected chi connectivity index (χ4v) is 4.27. The monoisotopic (exact) mass is 346 g/mol. The summed E-state index contributed by atoms with van der Waals surface area (Å²) in [6.45, 7) is 6.58. The zero-order chi connectivity index (χ0) is 17.6. The van der Waals surface area contributed by atoms with Crippen LogP contribution in [-0.4, -0.2) is 0 Å². The highest BCUT2D eigenvalue weighted by Crippen LogP contribution is 2.27. The maximum atomic E-state index is 2.32. The second kappa shape index (κ2) is 6.08. The Labute approximate surface area is 152 Å². The summed E-state index contributed by atoms with van der Waals surface area (Å²) >= 11 is 1.74. The Morgan fingerprint density at radius 1 is 0.920 bits per heavy atom. The highest BCUT2D eigenvalue weighted by Gasteiger charge is 2.22. The molecule has 25 heavy (non-hydrogen) atoms. The zero-order valence-corrected chi connectivity index (χ0v) is 15.9. The fraction of sp³-hybridized carbons (Fsp3) is 0.182. The molecule has 0 fully saturated rings. The maximum absolute atomic E-state index is 2.32. The second-order valence-corrected chi connectivity index (χ2v) is 7.44. The molecule has 0 spiro atoms. The van der Waals surface area contributed by atoms with E-state index in [-0.39, 0.29) is 0 Å². The summed E-state index contributed by atoms with van der Waals surface area (Å²) in [6, 6.07) is 15.4. The standard InChI is InChI=1S/C22H22N2S/c1-15-9-20(22-13-25-14-23(22)4)17(3)21(10-15)24-12-19-8-6-5-7-18(19)11-16(24)2/h5-14H,1-4H3/q+2. The van der Waals surface area contributed by atoms with Gasteiger partial charge < -0.3 is 0 Å². The fourth-order valence-electron chi connectivity index (χ4n) is 3.49. The van der Waals surface area contributed by atoms with E-state index in [1.54, 1.807) is 11.3 Å². The van der Waals surface area contributed by atoms with Crippen LogP contribution in [0.3, 0.4) is 0 Å². The lowest BCUT2D eigenvalue weighted by atomic mass is 10.00. The van der Waals surface area contributed by atoms with Gasteiger partial charge in [0.15, 0.2) is 11.9 Å².